The quantitative estimate of drug-likeness (QED) is 0.273. The highest BCUT2D eigenvalue weighted by atomic mass is 35.5. The average Bonchev–Trinajstić information content (AvgIpc) is 3.46. The second kappa shape index (κ2) is 11.0. The van der Waals surface area contributed by atoms with E-state index in [-0.39, 0.29) is 21.6 Å². The molecule has 1 unspecified atom stereocenters. The van der Waals surface area contributed by atoms with Crippen LogP contribution in [0.3, 0.4) is 0 Å². The van der Waals surface area contributed by atoms with Gasteiger partial charge in [-0.05, 0) is 41.7 Å². The smallest absolute Gasteiger partial charge is 0.294 e. The number of benzene rings is 2. The van der Waals surface area contributed by atoms with E-state index < -0.39 is 10.0 Å². The number of rotatable bonds is 10. The molecule has 0 bridgehead atoms. The zero-order valence-electron chi connectivity index (χ0n) is 18.5. The van der Waals surface area contributed by atoms with E-state index in [4.69, 9.17) is 11.6 Å². The van der Waals surface area contributed by atoms with Crippen molar-refractivity contribution in [1.82, 2.24) is 9.21 Å². The largest absolute Gasteiger partial charge is 0.324 e. The number of sulfonamides is 1. The first-order chi connectivity index (χ1) is 16.3. The number of nitro groups is 1. The molecule has 0 aliphatic carbocycles. The summed E-state index contributed by atoms with van der Waals surface area (Å²) >= 11 is 7.20. The molecule has 0 N–H and O–H groups in total. The molecule has 1 saturated heterocycles. The van der Waals surface area contributed by atoms with Crippen LogP contribution >= 0.6 is 22.9 Å². The lowest BCUT2D eigenvalue weighted by atomic mass is 10.1. The van der Waals surface area contributed by atoms with Crippen LogP contribution < -0.4 is 0 Å². The van der Waals surface area contributed by atoms with Gasteiger partial charge in [0.2, 0.25) is 10.0 Å². The van der Waals surface area contributed by atoms with E-state index in [9.17, 15) is 18.5 Å². The number of nitrogens with zero attached hydrogens (tertiary/aromatic N) is 3. The highest BCUT2D eigenvalue weighted by Crippen LogP contribution is 2.28. The Morgan fingerprint density at radius 2 is 1.76 bits per heavy atom. The Bertz CT molecular complexity index is 1220. The Morgan fingerprint density at radius 1 is 1.03 bits per heavy atom. The van der Waals surface area contributed by atoms with Gasteiger partial charge in [0, 0.05) is 48.7 Å². The molecule has 2 heterocycles. The molecule has 1 aromatic heterocycles. The summed E-state index contributed by atoms with van der Waals surface area (Å²) in [5, 5.41) is 11.9. The molecule has 0 radical (unpaired) electrons. The minimum Gasteiger partial charge on any atom is -0.294 e. The van der Waals surface area contributed by atoms with Gasteiger partial charge in [0.05, 0.1) is 10.7 Å². The number of halogens is 1. The molecule has 1 aliphatic rings. The van der Waals surface area contributed by atoms with Crippen molar-refractivity contribution in [3.05, 3.63) is 97.9 Å². The summed E-state index contributed by atoms with van der Waals surface area (Å²) in [6.07, 6.45) is 0.787. The third-order valence-electron chi connectivity index (χ3n) is 5.88. The summed E-state index contributed by atoms with van der Waals surface area (Å²) in [4.78, 5) is 13.9. The van der Waals surface area contributed by atoms with Crippen LogP contribution in [0, 0.1) is 16.0 Å². The average molecular weight is 520 g/mol. The van der Waals surface area contributed by atoms with Crippen LogP contribution in [0.2, 0.25) is 5.02 Å². The monoisotopic (exact) mass is 519 g/mol. The Kier molecular flexibility index (Phi) is 8.00. The van der Waals surface area contributed by atoms with Gasteiger partial charge in [0.15, 0.2) is 0 Å². The number of thiophene rings is 1. The van der Waals surface area contributed by atoms with Crippen molar-refractivity contribution >= 4 is 38.0 Å². The maximum absolute atomic E-state index is 13.0. The van der Waals surface area contributed by atoms with Crippen LogP contribution in [0.5, 0.6) is 0 Å². The molecule has 1 fully saturated rings. The zero-order valence-corrected chi connectivity index (χ0v) is 20.9. The molecule has 3 aromatic rings. The number of hydrogen-bond acceptors (Lipinski definition) is 6. The molecule has 7 nitrogen and oxygen atoms in total. The summed E-state index contributed by atoms with van der Waals surface area (Å²) in [5.74, 6) is 0.196. The maximum atomic E-state index is 13.0. The van der Waals surface area contributed by atoms with Crippen molar-refractivity contribution in [2.45, 2.75) is 25.3 Å². The van der Waals surface area contributed by atoms with Gasteiger partial charge in [-0.1, -0.05) is 65.4 Å². The molecule has 10 heteroatoms. The Balaban J connectivity index is 1.43. The van der Waals surface area contributed by atoms with Gasteiger partial charge in [0.25, 0.3) is 0 Å². The van der Waals surface area contributed by atoms with E-state index in [1.807, 2.05) is 54.6 Å². The summed E-state index contributed by atoms with van der Waals surface area (Å²) in [6.45, 7) is 2.91. The van der Waals surface area contributed by atoms with Gasteiger partial charge < -0.3 is 0 Å². The summed E-state index contributed by atoms with van der Waals surface area (Å²) in [5.41, 5.74) is 1.87. The molecule has 0 saturated carbocycles. The second-order valence-electron chi connectivity index (χ2n) is 8.55. The fourth-order valence-corrected chi connectivity index (χ4v) is 6.85. The highest BCUT2D eigenvalue weighted by Gasteiger charge is 2.32. The molecule has 1 aliphatic heterocycles. The first-order valence-corrected chi connectivity index (χ1v) is 13.8. The van der Waals surface area contributed by atoms with Crippen LogP contribution in [0.1, 0.15) is 22.4 Å². The SMILES string of the molecule is O=[N+]([O-])c1ccc(CN(Cc2ccc(Cl)cc2)CC2CCN(S(=O)(=O)Cc3ccccc3)C2)s1. The first-order valence-electron chi connectivity index (χ1n) is 11.0. The molecule has 180 valence electrons. The van der Waals surface area contributed by atoms with Crippen molar-refractivity contribution in [2.75, 3.05) is 19.6 Å². The Hall–Kier alpha value is -2.30. The lowest BCUT2D eigenvalue weighted by Crippen LogP contribution is -2.33. The molecule has 0 spiro atoms. The van der Waals surface area contributed by atoms with Crippen molar-refractivity contribution in [1.29, 1.82) is 0 Å². The van der Waals surface area contributed by atoms with Crippen LogP contribution in [0.4, 0.5) is 5.00 Å². The predicted molar refractivity (Wildman–Crippen MR) is 135 cm³/mol. The predicted octanol–water partition coefficient (Wildman–Crippen LogP) is 5.16. The fraction of sp³-hybridized carbons (Fsp3) is 0.333. The van der Waals surface area contributed by atoms with Gasteiger partial charge in [-0.25, -0.2) is 12.7 Å². The minimum atomic E-state index is -3.38. The summed E-state index contributed by atoms with van der Waals surface area (Å²) in [6, 6.07) is 20.2. The first kappa shape index (κ1) is 24.8. The van der Waals surface area contributed by atoms with Crippen molar-refractivity contribution in [3.63, 3.8) is 0 Å². The van der Waals surface area contributed by atoms with Crippen LogP contribution in [0.15, 0.2) is 66.7 Å². The minimum absolute atomic E-state index is 0.00785. The standard InChI is InChI=1S/C24H26ClN3O4S2/c25-22-8-6-19(7-9-22)14-26(17-23-10-11-24(33-23)28(29)30)15-21-12-13-27(16-21)34(31,32)18-20-4-2-1-3-5-20/h1-11,21H,12-18H2. The molecule has 0 amide bonds. The van der Waals surface area contributed by atoms with Gasteiger partial charge in [-0.2, -0.15) is 0 Å². The van der Waals surface area contributed by atoms with Gasteiger partial charge in [0.1, 0.15) is 0 Å². The lowest BCUT2D eigenvalue weighted by Gasteiger charge is -2.25. The van der Waals surface area contributed by atoms with E-state index in [0.717, 1.165) is 22.4 Å². The van der Waals surface area contributed by atoms with Crippen molar-refractivity contribution < 1.29 is 13.3 Å². The van der Waals surface area contributed by atoms with E-state index >= 15 is 0 Å². The summed E-state index contributed by atoms with van der Waals surface area (Å²) < 4.78 is 27.5. The maximum Gasteiger partial charge on any atom is 0.324 e. The fourth-order valence-electron chi connectivity index (χ4n) is 4.24. The highest BCUT2D eigenvalue weighted by molar-refractivity contribution is 7.88. The zero-order chi connectivity index (χ0) is 24.1. The second-order valence-corrected chi connectivity index (χ2v) is 12.1. The third kappa shape index (κ3) is 6.64. The third-order valence-corrected chi connectivity index (χ3v) is 8.97. The van der Waals surface area contributed by atoms with Gasteiger partial charge in [-0.15, -0.1) is 0 Å². The molecule has 4 rings (SSSR count). The molecule has 34 heavy (non-hydrogen) atoms. The summed E-state index contributed by atoms with van der Waals surface area (Å²) in [7, 11) is -3.38. The molecule has 1 atom stereocenters. The van der Waals surface area contributed by atoms with Gasteiger partial charge >= 0.3 is 5.00 Å². The molecular formula is C24H26ClN3O4S2. The number of hydrogen-bond donors (Lipinski definition) is 0. The van der Waals surface area contributed by atoms with E-state index in [1.54, 1.807) is 10.4 Å². The Labute approximate surface area is 208 Å². The Morgan fingerprint density at radius 3 is 2.44 bits per heavy atom. The van der Waals surface area contributed by atoms with E-state index in [0.29, 0.717) is 37.7 Å². The van der Waals surface area contributed by atoms with Crippen LogP contribution in [-0.2, 0) is 28.9 Å². The van der Waals surface area contributed by atoms with E-state index in [2.05, 4.69) is 4.90 Å². The normalized spacial score (nSPS) is 16.8. The van der Waals surface area contributed by atoms with Crippen LogP contribution in [-0.4, -0.2) is 42.2 Å². The molecular weight excluding hydrogens is 494 g/mol. The van der Waals surface area contributed by atoms with Crippen molar-refractivity contribution in [3.8, 4) is 0 Å². The van der Waals surface area contributed by atoms with Crippen molar-refractivity contribution in [2.24, 2.45) is 5.92 Å². The topological polar surface area (TPSA) is 83.8 Å². The van der Waals surface area contributed by atoms with E-state index in [1.165, 1.54) is 17.4 Å². The van der Waals surface area contributed by atoms with Gasteiger partial charge in [-0.3, -0.25) is 15.0 Å². The lowest BCUT2D eigenvalue weighted by molar-refractivity contribution is -0.380. The molecule has 2 aromatic carbocycles. The van der Waals surface area contributed by atoms with Crippen LogP contribution in [0.25, 0.3) is 0 Å².